The minimum absolute atomic E-state index is 0.0755. The standard InChI is InChI=1S/C15H13BrN2O3/c1-9-3-2-4-10(5-9)15(21)18-17-8-11-6-12(16)14(20)7-13(11)19/h2-8,19-20H,1H3,(H,18,21)/b17-8+. The lowest BCUT2D eigenvalue weighted by atomic mass is 10.1. The zero-order valence-corrected chi connectivity index (χ0v) is 12.8. The number of aromatic hydroxyl groups is 2. The first-order valence-electron chi connectivity index (χ1n) is 6.09. The van der Waals surface area contributed by atoms with Gasteiger partial charge in [-0.05, 0) is 41.1 Å². The molecule has 2 aromatic carbocycles. The Bertz CT molecular complexity index is 714. The molecule has 21 heavy (non-hydrogen) atoms. The van der Waals surface area contributed by atoms with E-state index in [9.17, 15) is 15.0 Å². The molecular weight excluding hydrogens is 336 g/mol. The lowest BCUT2D eigenvalue weighted by Gasteiger charge is -2.03. The number of aryl methyl sites for hydroxylation is 1. The van der Waals surface area contributed by atoms with Gasteiger partial charge in [-0.3, -0.25) is 4.79 Å². The molecule has 2 rings (SSSR count). The number of phenolic OH excluding ortho intramolecular Hbond substituents is 2. The predicted molar refractivity (Wildman–Crippen MR) is 83.7 cm³/mol. The number of hydrazone groups is 1. The minimum atomic E-state index is -0.340. The van der Waals surface area contributed by atoms with Crippen molar-refractivity contribution in [3.8, 4) is 11.5 Å². The van der Waals surface area contributed by atoms with E-state index >= 15 is 0 Å². The van der Waals surface area contributed by atoms with Crippen molar-refractivity contribution in [2.24, 2.45) is 5.10 Å². The van der Waals surface area contributed by atoms with Crippen molar-refractivity contribution in [2.45, 2.75) is 6.92 Å². The van der Waals surface area contributed by atoms with Crippen LogP contribution in [0, 0.1) is 6.92 Å². The molecule has 3 N–H and O–H groups in total. The summed E-state index contributed by atoms with van der Waals surface area (Å²) in [4.78, 5) is 11.9. The summed E-state index contributed by atoms with van der Waals surface area (Å²) >= 11 is 3.14. The highest BCUT2D eigenvalue weighted by Crippen LogP contribution is 2.30. The Labute approximate surface area is 130 Å². The first-order chi connectivity index (χ1) is 9.97. The molecule has 0 unspecified atom stereocenters. The fraction of sp³-hybridized carbons (Fsp3) is 0.0667. The topological polar surface area (TPSA) is 81.9 Å². The summed E-state index contributed by atoms with van der Waals surface area (Å²) < 4.78 is 0.423. The molecular formula is C15H13BrN2O3. The Kier molecular flexibility index (Phi) is 4.59. The molecule has 0 heterocycles. The Morgan fingerprint density at radius 3 is 2.71 bits per heavy atom. The molecule has 6 heteroatoms. The molecule has 0 aliphatic heterocycles. The van der Waals surface area contributed by atoms with Crippen LogP contribution >= 0.6 is 15.9 Å². The van der Waals surface area contributed by atoms with Crippen LogP contribution in [0.4, 0.5) is 0 Å². The number of phenols is 2. The van der Waals surface area contributed by atoms with Crippen molar-refractivity contribution in [3.05, 3.63) is 57.6 Å². The molecule has 0 aromatic heterocycles. The highest BCUT2D eigenvalue weighted by molar-refractivity contribution is 9.10. The minimum Gasteiger partial charge on any atom is -0.507 e. The highest BCUT2D eigenvalue weighted by Gasteiger charge is 2.06. The van der Waals surface area contributed by atoms with Gasteiger partial charge in [0, 0.05) is 17.2 Å². The first kappa shape index (κ1) is 15.1. The first-order valence-corrected chi connectivity index (χ1v) is 6.88. The summed E-state index contributed by atoms with van der Waals surface area (Å²) in [5.74, 6) is -0.551. The van der Waals surface area contributed by atoms with Crippen LogP contribution in [0.3, 0.4) is 0 Å². The van der Waals surface area contributed by atoms with Gasteiger partial charge < -0.3 is 10.2 Å². The third-order valence-corrected chi connectivity index (χ3v) is 3.38. The van der Waals surface area contributed by atoms with Crippen molar-refractivity contribution in [3.63, 3.8) is 0 Å². The quantitative estimate of drug-likeness (QED) is 0.589. The van der Waals surface area contributed by atoms with Gasteiger partial charge in [0.1, 0.15) is 11.5 Å². The van der Waals surface area contributed by atoms with Crippen molar-refractivity contribution < 1.29 is 15.0 Å². The van der Waals surface area contributed by atoms with Crippen LogP contribution in [0.25, 0.3) is 0 Å². The molecule has 0 bridgehead atoms. The van der Waals surface area contributed by atoms with Gasteiger partial charge in [-0.2, -0.15) is 5.10 Å². The Morgan fingerprint density at radius 2 is 2.00 bits per heavy atom. The van der Waals surface area contributed by atoms with E-state index in [0.29, 0.717) is 15.6 Å². The second-order valence-electron chi connectivity index (χ2n) is 4.43. The average molecular weight is 349 g/mol. The smallest absolute Gasteiger partial charge is 0.271 e. The van der Waals surface area contributed by atoms with E-state index < -0.39 is 0 Å². The van der Waals surface area contributed by atoms with Gasteiger partial charge in [-0.25, -0.2) is 5.43 Å². The number of amides is 1. The number of benzene rings is 2. The lowest BCUT2D eigenvalue weighted by molar-refractivity contribution is 0.0955. The molecule has 0 radical (unpaired) electrons. The largest absolute Gasteiger partial charge is 0.507 e. The van der Waals surface area contributed by atoms with Gasteiger partial charge in [0.05, 0.1) is 10.7 Å². The van der Waals surface area contributed by atoms with Gasteiger partial charge in [-0.1, -0.05) is 17.7 Å². The van der Waals surface area contributed by atoms with E-state index in [0.717, 1.165) is 5.56 Å². The maximum absolute atomic E-state index is 11.9. The fourth-order valence-electron chi connectivity index (χ4n) is 1.68. The van der Waals surface area contributed by atoms with Crippen molar-refractivity contribution >= 4 is 28.1 Å². The van der Waals surface area contributed by atoms with E-state index in [4.69, 9.17) is 0 Å². The number of hydrogen-bond donors (Lipinski definition) is 3. The number of carbonyl (C=O) groups is 1. The summed E-state index contributed by atoms with van der Waals surface area (Å²) in [6, 6.07) is 9.80. The third-order valence-electron chi connectivity index (χ3n) is 2.75. The number of nitrogens with zero attached hydrogens (tertiary/aromatic N) is 1. The molecule has 108 valence electrons. The normalized spacial score (nSPS) is 10.8. The van der Waals surface area contributed by atoms with Crippen molar-refractivity contribution in [2.75, 3.05) is 0 Å². The third kappa shape index (κ3) is 3.82. The molecule has 2 aromatic rings. The van der Waals surface area contributed by atoms with E-state index in [1.807, 2.05) is 13.0 Å². The van der Waals surface area contributed by atoms with Crippen LogP contribution < -0.4 is 5.43 Å². The van der Waals surface area contributed by atoms with Crippen LogP contribution in [-0.4, -0.2) is 22.3 Å². The monoisotopic (exact) mass is 348 g/mol. The number of rotatable bonds is 3. The van der Waals surface area contributed by atoms with Crippen LogP contribution in [0.5, 0.6) is 11.5 Å². The molecule has 0 saturated heterocycles. The van der Waals surface area contributed by atoms with Gasteiger partial charge in [0.25, 0.3) is 5.91 Å². The summed E-state index contributed by atoms with van der Waals surface area (Å²) in [6.07, 6.45) is 1.30. The number of nitrogens with one attached hydrogen (secondary N) is 1. The zero-order valence-electron chi connectivity index (χ0n) is 11.2. The summed E-state index contributed by atoms with van der Waals surface area (Å²) in [6.45, 7) is 1.89. The molecule has 0 saturated carbocycles. The molecule has 0 aliphatic rings. The van der Waals surface area contributed by atoms with Gasteiger partial charge in [-0.15, -0.1) is 0 Å². The van der Waals surface area contributed by atoms with Gasteiger partial charge in [0.2, 0.25) is 0 Å². The summed E-state index contributed by atoms with van der Waals surface area (Å²) in [5.41, 5.74) is 4.22. The SMILES string of the molecule is Cc1cccc(C(=O)N/N=C/c2cc(Br)c(O)cc2O)c1. The average Bonchev–Trinajstić information content (AvgIpc) is 2.44. The van der Waals surface area contributed by atoms with Crippen LogP contribution in [0.15, 0.2) is 46.0 Å². The Morgan fingerprint density at radius 1 is 1.24 bits per heavy atom. The molecule has 0 spiro atoms. The van der Waals surface area contributed by atoms with Crippen LogP contribution in [0.1, 0.15) is 21.5 Å². The molecule has 5 nitrogen and oxygen atoms in total. The van der Waals surface area contributed by atoms with E-state index in [1.165, 1.54) is 18.3 Å². The number of halogens is 1. The Balaban J connectivity index is 2.09. The second-order valence-corrected chi connectivity index (χ2v) is 5.29. The molecule has 0 atom stereocenters. The maximum atomic E-state index is 11.9. The predicted octanol–water partition coefficient (Wildman–Crippen LogP) is 2.93. The van der Waals surface area contributed by atoms with E-state index in [-0.39, 0.29) is 17.4 Å². The lowest BCUT2D eigenvalue weighted by Crippen LogP contribution is -2.17. The van der Waals surface area contributed by atoms with E-state index in [1.54, 1.807) is 18.2 Å². The fourth-order valence-corrected chi connectivity index (χ4v) is 2.04. The van der Waals surface area contributed by atoms with Crippen molar-refractivity contribution in [1.29, 1.82) is 0 Å². The maximum Gasteiger partial charge on any atom is 0.271 e. The Hall–Kier alpha value is -2.34. The van der Waals surface area contributed by atoms with Crippen LogP contribution in [-0.2, 0) is 0 Å². The summed E-state index contributed by atoms with van der Waals surface area (Å²) in [7, 11) is 0. The summed E-state index contributed by atoms with van der Waals surface area (Å²) in [5, 5.41) is 22.8. The highest BCUT2D eigenvalue weighted by atomic mass is 79.9. The van der Waals surface area contributed by atoms with Crippen LogP contribution in [0.2, 0.25) is 0 Å². The van der Waals surface area contributed by atoms with Gasteiger partial charge in [0.15, 0.2) is 0 Å². The second kappa shape index (κ2) is 6.41. The number of carbonyl (C=O) groups excluding carboxylic acids is 1. The molecule has 0 aliphatic carbocycles. The molecule has 0 fully saturated rings. The zero-order chi connectivity index (χ0) is 15.4. The van der Waals surface area contributed by atoms with Crippen molar-refractivity contribution in [1.82, 2.24) is 5.43 Å². The van der Waals surface area contributed by atoms with E-state index in [2.05, 4.69) is 26.5 Å². The number of hydrogen-bond acceptors (Lipinski definition) is 4. The molecule has 1 amide bonds. The van der Waals surface area contributed by atoms with Gasteiger partial charge >= 0.3 is 0 Å².